The zero-order valence-corrected chi connectivity index (χ0v) is 14.3. The Bertz CT molecular complexity index is 844. The van der Waals surface area contributed by atoms with Crippen molar-refractivity contribution < 1.29 is 14.3 Å². The molecule has 0 atom stereocenters. The minimum atomic E-state index is -0.289. The highest BCUT2D eigenvalue weighted by molar-refractivity contribution is 7.17. The van der Waals surface area contributed by atoms with Gasteiger partial charge in [0.2, 0.25) is 0 Å². The minimum absolute atomic E-state index is 0.0693. The van der Waals surface area contributed by atoms with E-state index in [9.17, 15) is 9.59 Å². The van der Waals surface area contributed by atoms with E-state index in [4.69, 9.17) is 9.72 Å². The third-order valence-electron chi connectivity index (χ3n) is 4.17. The Morgan fingerprint density at radius 1 is 1.42 bits per heavy atom. The van der Waals surface area contributed by atoms with Crippen LogP contribution in [-0.4, -0.2) is 35.9 Å². The van der Waals surface area contributed by atoms with Gasteiger partial charge in [0.05, 0.1) is 17.9 Å². The molecule has 4 rings (SSSR count). The number of fused-ring (bicyclic) bond motifs is 2. The summed E-state index contributed by atoms with van der Waals surface area (Å²) in [5, 5.41) is 3.77. The van der Waals surface area contributed by atoms with Gasteiger partial charge in [0.1, 0.15) is 23.5 Å². The third kappa shape index (κ3) is 2.45. The van der Waals surface area contributed by atoms with Crippen molar-refractivity contribution in [1.29, 1.82) is 0 Å². The largest absolute Gasteiger partial charge is 0.490 e. The van der Waals surface area contributed by atoms with Crippen molar-refractivity contribution in [2.24, 2.45) is 0 Å². The van der Waals surface area contributed by atoms with E-state index in [0.717, 1.165) is 28.5 Å². The van der Waals surface area contributed by atoms with Gasteiger partial charge in [-0.3, -0.25) is 9.59 Å². The molecule has 7 heteroatoms. The number of anilines is 2. The van der Waals surface area contributed by atoms with Gasteiger partial charge in [-0.05, 0) is 32.0 Å². The van der Waals surface area contributed by atoms with Crippen molar-refractivity contribution >= 4 is 34.3 Å². The van der Waals surface area contributed by atoms with Gasteiger partial charge in [-0.1, -0.05) is 11.3 Å². The lowest BCUT2D eigenvalue weighted by atomic mass is 9.94. The monoisotopic (exact) mass is 343 g/mol. The van der Waals surface area contributed by atoms with E-state index in [1.54, 1.807) is 18.2 Å². The smallest absolute Gasteiger partial charge is 0.263 e. The Morgan fingerprint density at radius 3 is 3.04 bits per heavy atom. The van der Waals surface area contributed by atoms with Crippen LogP contribution in [0.2, 0.25) is 0 Å². The molecule has 0 fully saturated rings. The molecule has 0 spiro atoms. The van der Waals surface area contributed by atoms with E-state index in [0.29, 0.717) is 30.0 Å². The quantitative estimate of drug-likeness (QED) is 0.849. The topological polar surface area (TPSA) is 71.5 Å². The van der Waals surface area contributed by atoms with Crippen LogP contribution in [0, 0.1) is 0 Å². The average Bonchev–Trinajstić information content (AvgIpc) is 2.96. The van der Waals surface area contributed by atoms with Crippen LogP contribution < -0.4 is 15.0 Å². The molecule has 1 aromatic heterocycles. The van der Waals surface area contributed by atoms with Gasteiger partial charge in [-0.25, -0.2) is 4.98 Å². The molecule has 2 aliphatic rings. The fourth-order valence-electron chi connectivity index (χ4n) is 3.09. The number of amides is 1. The summed E-state index contributed by atoms with van der Waals surface area (Å²) in [7, 11) is 0. The minimum Gasteiger partial charge on any atom is -0.490 e. The van der Waals surface area contributed by atoms with Crippen LogP contribution in [0.15, 0.2) is 18.2 Å². The second kappa shape index (κ2) is 5.31. The van der Waals surface area contributed by atoms with E-state index < -0.39 is 0 Å². The summed E-state index contributed by atoms with van der Waals surface area (Å²) in [4.78, 5) is 30.8. The summed E-state index contributed by atoms with van der Waals surface area (Å²) in [5.74, 6) is 0.657. The Kier molecular flexibility index (Phi) is 3.35. The van der Waals surface area contributed by atoms with Gasteiger partial charge in [-0.15, -0.1) is 0 Å². The van der Waals surface area contributed by atoms with Crippen LogP contribution in [0.1, 0.15) is 39.6 Å². The second-order valence-corrected chi connectivity index (χ2v) is 7.61. The summed E-state index contributed by atoms with van der Waals surface area (Å²) in [6, 6.07) is 5.33. The molecule has 3 heterocycles. The molecule has 2 aliphatic heterocycles. The van der Waals surface area contributed by atoms with Crippen LogP contribution in [0.5, 0.6) is 5.75 Å². The molecule has 124 valence electrons. The zero-order chi connectivity index (χ0) is 16.9. The molecular weight excluding hydrogens is 326 g/mol. The third-order valence-corrected chi connectivity index (χ3v) is 5.29. The Morgan fingerprint density at radius 2 is 2.25 bits per heavy atom. The van der Waals surface area contributed by atoms with Gasteiger partial charge in [0.25, 0.3) is 5.91 Å². The highest BCUT2D eigenvalue weighted by Gasteiger charge is 2.34. The fraction of sp³-hybridized carbons (Fsp3) is 0.353. The molecule has 1 N–H and O–H groups in total. The second-order valence-electron chi connectivity index (χ2n) is 6.63. The van der Waals surface area contributed by atoms with E-state index in [2.05, 4.69) is 5.32 Å². The van der Waals surface area contributed by atoms with E-state index in [1.165, 1.54) is 11.3 Å². The molecule has 1 aromatic carbocycles. The summed E-state index contributed by atoms with van der Waals surface area (Å²) >= 11 is 1.39. The predicted molar refractivity (Wildman–Crippen MR) is 91.7 cm³/mol. The first-order valence-corrected chi connectivity index (χ1v) is 8.60. The van der Waals surface area contributed by atoms with Crippen molar-refractivity contribution in [3.8, 4) is 5.75 Å². The van der Waals surface area contributed by atoms with Gasteiger partial charge in [-0.2, -0.15) is 0 Å². The van der Waals surface area contributed by atoms with Crippen molar-refractivity contribution in [2.45, 2.75) is 25.8 Å². The molecular formula is C17H17N3O3S. The highest BCUT2D eigenvalue weighted by Crippen LogP contribution is 2.40. The van der Waals surface area contributed by atoms with E-state index in [1.807, 2.05) is 18.7 Å². The number of hydrogen-bond donors (Lipinski definition) is 1. The maximum absolute atomic E-state index is 12.3. The van der Waals surface area contributed by atoms with Crippen molar-refractivity contribution in [2.75, 3.05) is 18.1 Å². The first kappa shape index (κ1) is 15.1. The zero-order valence-electron chi connectivity index (χ0n) is 13.5. The maximum Gasteiger partial charge on any atom is 0.263 e. The summed E-state index contributed by atoms with van der Waals surface area (Å²) in [6.07, 6.45) is 1.52. The van der Waals surface area contributed by atoms with Gasteiger partial charge in [0, 0.05) is 17.5 Å². The lowest BCUT2D eigenvalue weighted by Gasteiger charge is -2.29. The summed E-state index contributed by atoms with van der Waals surface area (Å²) in [6.45, 7) is 5.16. The van der Waals surface area contributed by atoms with Crippen molar-refractivity contribution in [3.63, 3.8) is 0 Å². The highest BCUT2D eigenvalue weighted by atomic mass is 32.1. The molecule has 0 radical (unpaired) electrons. The molecule has 1 amide bonds. The molecule has 2 aromatic rings. The first-order valence-electron chi connectivity index (χ1n) is 7.79. The van der Waals surface area contributed by atoms with Gasteiger partial charge in [0.15, 0.2) is 5.13 Å². The molecule has 0 unspecified atom stereocenters. The average molecular weight is 343 g/mol. The fourth-order valence-corrected chi connectivity index (χ4v) is 4.10. The number of thiazole rings is 1. The Balaban J connectivity index is 1.77. The summed E-state index contributed by atoms with van der Waals surface area (Å²) < 4.78 is 5.67. The van der Waals surface area contributed by atoms with Crippen LogP contribution in [0.4, 0.5) is 10.8 Å². The number of benzene rings is 1. The predicted octanol–water partition coefficient (Wildman–Crippen LogP) is 2.55. The number of carbonyl (C=O) groups excluding carboxylic acids is 2. The molecule has 0 saturated heterocycles. The SMILES string of the molecule is CC1(C)Cc2nc(N3CCOc4ccc(C=O)cc43)sc2C(=O)N1. The van der Waals surface area contributed by atoms with Crippen molar-refractivity contribution in [3.05, 3.63) is 34.3 Å². The summed E-state index contributed by atoms with van der Waals surface area (Å²) in [5.41, 5.74) is 1.95. The van der Waals surface area contributed by atoms with Crippen molar-refractivity contribution in [1.82, 2.24) is 10.3 Å². The van der Waals surface area contributed by atoms with Gasteiger partial charge < -0.3 is 15.0 Å². The van der Waals surface area contributed by atoms with Crippen LogP contribution >= 0.6 is 11.3 Å². The molecule has 0 bridgehead atoms. The first-order chi connectivity index (χ1) is 11.5. The van der Waals surface area contributed by atoms with E-state index in [-0.39, 0.29) is 11.4 Å². The van der Waals surface area contributed by atoms with Gasteiger partial charge >= 0.3 is 0 Å². The maximum atomic E-state index is 12.3. The van der Waals surface area contributed by atoms with Crippen LogP contribution in [0.3, 0.4) is 0 Å². The number of aromatic nitrogens is 1. The Labute approximate surface area is 143 Å². The number of carbonyl (C=O) groups is 2. The molecule has 0 aliphatic carbocycles. The number of rotatable bonds is 2. The number of aldehydes is 1. The molecule has 0 saturated carbocycles. The molecule has 24 heavy (non-hydrogen) atoms. The lowest BCUT2D eigenvalue weighted by molar-refractivity contribution is 0.0900. The Hall–Kier alpha value is -2.41. The molecule has 6 nitrogen and oxygen atoms in total. The van der Waals surface area contributed by atoms with Crippen LogP contribution in [-0.2, 0) is 6.42 Å². The normalized spacial score (nSPS) is 18.2. The lowest BCUT2D eigenvalue weighted by Crippen LogP contribution is -2.48. The standard InChI is InChI=1S/C17H17N3O3S/c1-17(2)8-11-14(15(22)19-17)24-16(18-11)20-5-6-23-13-4-3-10(9-21)7-12(13)20/h3-4,7,9H,5-6,8H2,1-2H3,(H,19,22). The number of nitrogens with one attached hydrogen (secondary N) is 1. The number of nitrogens with zero attached hydrogens (tertiary/aromatic N) is 2. The van der Waals surface area contributed by atoms with Crippen LogP contribution in [0.25, 0.3) is 0 Å². The number of hydrogen-bond acceptors (Lipinski definition) is 6. The number of ether oxygens (including phenoxy) is 1. The van der Waals surface area contributed by atoms with E-state index >= 15 is 0 Å².